The van der Waals surface area contributed by atoms with E-state index in [1.807, 2.05) is 47.4 Å². The third-order valence-electron chi connectivity index (χ3n) is 5.68. The fourth-order valence-electron chi connectivity index (χ4n) is 3.99. The van der Waals surface area contributed by atoms with Crippen LogP contribution in [0.1, 0.15) is 15.9 Å². The van der Waals surface area contributed by atoms with Crippen molar-refractivity contribution in [3.05, 3.63) is 82.9 Å². The number of benzene rings is 3. The van der Waals surface area contributed by atoms with Crippen molar-refractivity contribution in [2.75, 3.05) is 33.3 Å². The molecule has 2 heterocycles. The van der Waals surface area contributed by atoms with E-state index >= 15 is 0 Å². The van der Waals surface area contributed by atoms with Gasteiger partial charge in [-0.2, -0.15) is 0 Å². The van der Waals surface area contributed by atoms with Crippen molar-refractivity contribution in [3.63, 3.8) is 0 Å². The number of amides is 1. The summed E-state index contributed by atoms with van der Waals surface area (Å²) in [4.78, 5) is 21.9. The van der Waals surface area contributed by atoms with E-state index in [1.165, 1.54) is 0 Å². The fraction of sp³-hybridized carbons (Fsp3) is 0.200. The summed E-state index contributed by atoms with van der Waals surface area (Å²) in [6.07, 6.45) is 0. The molecule has 0 spiro atoms. The maximum absolute atomic E-state index is 12.9. The van der Waals surface area contributed by atoms with E-state index in [4.69, 9.17) is 26.1 Å². The first-order valence-corrected chi connectivity index (χ1v) is 10.8. The average molecular weight is 448 g/mol. The predicted molar refractivity (Wildman–Crippen MR) is 125 cm³/mol. The van der Waals surface area contributed by atoms with Crippen molar-refractivity contribution in [2.45, 2.75) is 0 Å². The van der Waals surface area contributed by atoms with E-state index in [9.17, 15) is 4.79 Å². The maximum atomic E-state index is 12.9. The lowest BCUT2D eigenvalue weighted by molar-refractivity contribution is 0.0692. The molecule has 1 saturated heterocycles. The molecular formula is C25H22ClN3O3. The second-order valence-electron chi connectivity index (χ2n) is 7.66. The zero-order chi connectivity index (χ0) is 22.1. The van der Waals surface area contributed by atoms with Crippen molar-refractivity contribution in [3.8, 4) is 17.2 Å². The van der Waals surface area contributed by atoms with Gasteiger partial charge in [-0.3, -0.25) is 4.79 Å². The van der Waals surface area contributed by atoms with Gasteiger partial charge in [0.25, 0.3) is 5.91 Å². The molecule has 2 aliphatic rings. The molecule has 6 nitrogen and oxygen atoms in total. The number of para-hydroxylation sites is 2. The van der Waals surface area contributed by atoms with E-state index in [-0.39, 0.29) is 5.91 Å². The Labute approximate surface area is 191 Å². The summed E-state index contributed by atoms with van der Waals surface area (Å²) in [5.41, 5.74) is 2.25. The molecule has 1 fully saturated rings. The number of carbonyl (C=O) groups is 1. The van der Waals surface area contributed by atoms with E-state index in [0.29, 0.717) is 42.5 Å². The number of amidine groups is 1. The van der Waals surface area contributed by atoms with Crippen molar-refractivity contribution >= 4 is 29.0 Å². The minimum atomic E-state index is -0.00861. The van der Waals surface area contributed by atoms with E-state index in [1.54, 1.807) is 31.4 Å². The van der Waals surface area contributed by atoms with Crippen LogP contribution in [0.15, 0.2) is 71.7 Å². The number of fused-ring (bicyclic) bond motifs is 2. The lowest BCUT2D eigenvalue weighted by Gasteiger charge is -2.36. The molecule has 0 bridgehead atoms. The second kappa shape index (κ2) is 8.55. The summed E-state index contributed by atoms with van der Waals surface area (Å²) in [7, 11) is 1.64. The minimum Gasteiger partial charge on any atom is -0.497 e. The van der Waals surface area contributed by atoms with Gasteiger partial charge in [0.05, 0.1) is 12.7 Å². The van der Waals surface area contributed by atoms with Gasteiger partial charge >= 0.3 is 0 Å². The average Bonchev–Trinajstić information content (AvgIpc) is 3.00. The van der Waals surface area contributed by atoms with Gasteiger partial charge in [-0.25, -0.2) is 4.99 Å². The lowest BCUT2D eigenvalue weighted by atomic mass is 10.1. The van der Waals surface area contributed by atoms with Crippen LogP contribution in [0.2, 0.25) is 5.02 Å². The number of carbonyl (C=O) groups excluding carboxylic acids is 1. The third-order valence-corrected chi connectivity index (χ3v) is 5.91. The second-order valence-corrected chi connectivity index (χ2v) is 8.09. The molecule has 0 radical (unpaired) electrons. The Morgan fingerprint density at radius 2 is 1.78 bits per heavy atom. The molecule has 162 valence electrons. The fourth-order valence-corrected chi connectivity index (χ4v) is 4.19. The Morgan fingerprint density at radius 3 is 2.56 bits per heavy atom. The van der Waals surface area contributed by atoms with E-state index in [2.05, 4.69) is 4.90 Å². The summed E-state index contributed by atoms with van der Waals surface area (Å²) >= 11 is 6.07. The number of hydrogen-bond acceptors (Lipinski definition) is 5. The zero-order valence-electron chi connectivity index (χ0n) is 17.6. The number of piperazine rings is 1. The molecule has 0 aliphatic carbocycles. The Kier molecular flexibility index (Phi) is 5.45. The van der Waals surface area contributed by atoms with Crippen LogP contribution < -0.4 is 9.47 Å². The summed E-state index contributed by atoms with van der Waals surface area (Å²) in [6.45, 7) is 2.49. The van der Waals surface area contributed by atoms with Crippen LogP contribution in [0.4, 0.5) is 5.69 Å². The zero-order valence-corrected chi connectivity index (χ0v) is 18.4. The highest BCUT2D eigenvalue weighted by atomic mass is 35.5. The Balaban J connectivity index is 1.43. The topological polar surface area (TPSA) is 54.4 Å². The molecule has 0 saturated carbocycles. The highest BCUT2D eigenvalue weighted by Crippen LogP contribution is 2.39. The van der Waals surface area contributed by atoms with Gasteiger partial charge in [0.1, 0.15) is 23.0 Å². The number of rotatable bonds is 2. The van der Waals surface area contributed by atoms with Gasteiger partial charge in [-0.15, -0.1) is 0 Å². The Morgan fingerprint density at radius 1 is 0.969 bits per heavy atom. The number of ether oxygens (including phenoxy) is 2. The van der Waals surface area contributed by atoms with E-state index in [0.717, 1.165) is 28.6 Å². The first-order valence-electron chi connectivity index (χ1n) is 10.5. The molecular weight excluding hydrogens is 426 g/mol. The van der Waals surface area contributed by atoms with Gasteiger partial charge < -0.3 is 19.3 Å². The minimum absolute atomic E-state index is 0.00861. The quantitative estimate of drug-likeness (QED) is 0.555. The molecule has 3 aromatic carbocycles. The number of aliphatic imine (C=N–C) groups is 1. The smallest absolute Gasteiger partial charge is 0.254 e. The molecule has 2 aliphatic heterocycles. The molecule has 0 aromatic heterocycles. The van der Waals surface area contributed by atoms with Gasteiger partial charge in [0.15, 0.2) is 5.75 Å². The van der Waals surface area contributed by atoms with Crippen LogP contribution in [-0.4, -0.2) is 54.8 Å². The molecule has 0 unspecified atom stereocenters. The predicted octanol–water partition coefficient (Wildman–Crippen LogP) is 4.99. The lowest BCUT2D eigenvalue weighted by Crippen LogP contribution is -2.50. The number of halogens is 1. The Bertz CT molecular complexity index is 1200. The van der Waals surface area contributed by atoms with Crippen LogP contribution in [0.25, 0.3) is 0 Å². The highest BCUT2D eigenvalue weighted by molar-refractivity contribution is 6.31. The number of methoxy groups -OCH3 is 1. The molecule has 3 aromatic rings. The van der Waals surface area contributed by atoms with Gasteiger partial charge in [0, 0.05) is 36.8 Å². The molecule has 0 atom stereocenters. The van der Waals surface area contributed by atoms with Crippen molar-refractivity contribution in [2.24, 2.45) is 4.99 Å². The van der Waals surface area contributed by atoms with Crippen molar-refractivity contribution in [1.82, 2.24) is 9.80 Å². The first kappa shape index (κ1) is 20.4. The van der Waals surface area contributed by atoms with Crippen LogP contribution >= 0.6 is 11.6 Å². The third kappa shape index (κ3) is 3.89. The summed E-state index contributed by atoms with van der Waals surface area (Å²) < 4.78 is 11.6. The van der Waals surface area contributed by atoms with Crippen LogP contribution in [0.5, 0.6) is 17.2 Å². The summed E-state index contributed by atoms with van der Waals surface area (Å²) in [5.74, 6) is 2.99. The van der Waals surface area contributed by atoms with Crippen LogP contribution in [0, 0.1) is 0 Å². The number of nitrogens with zero attached hydrogens (tertiary/aromatic N) is 3. The summed E-state index contributed by atoms with van der Waals surface area (Å²) in [5, 5.41) is 0.562. The van der Waals surface area contributed by atoms with E-state index < -0.39 is 0 Å². The summed E-state index contributed by atoms with van der Waals surface area (Å²) in [6, 6.07) is 20.5. The molecule has 0 N–H and O–H groups in total. The first-order chi connectivity index (χ1) is 15.6. The van der Waals surface area contributed by atoms with Crippen LogP contribution in [-0.2, 0) is 0 Å². The SMILES string of the molecule is COc1ccc2c(c1)C(N1CCN(C(=O)c3cccc(Cl)c3)CC1)=Nc1ccccc1O2. The maximum Gasteiger partial charge on any atom is 0.254 e. The Hall–Kier alpha value is -3.51. The monoisotopic (exact) mass is 447 g/mol. The van der Waals surface area contributed by atoms with Crippen molar-refractivity contribution < 1.29 is 14.3 Å². The highest BCUT2D eigenvalue weighted by Gasteiger charge is 2.28. The standard InChI is InChI=1S/C25H22ClN3O3/c1-31-19-9-10-22-20(16-19)24(27-21-7-2-3-8-23(21)32-22)28-11-13-29(14-12-28)25(30)17-5-4-6-18(26)15-17/h2-10,15-16H,11-14H2,1H3. The van der Waals surface area contributed by atoms with Gasteiger partial charge in [-0.1, -0.05) is 29.8 Å². The molecule has 32 heavy (non-hydrogen) atoms. The van der Waals surface area contributed by atoms with Crippen LogP contribution in [0.3, 0.4) is 0 Å². The molecule has 5 rings (SSSR count). The molecule has 1 amide bonds. The van der Waals surface area contributed by atoms with Gasteiger partial charge in [0.2, 0.25) is 0 Å². The normalized spacial score (nSPS) is 15.1. The largest absolute Gasteiger partial charge is 0.497 e. The number of hydrogen-bond donors (Lipinski definition) is 0. The molecule has 7 heteroatoms. The van der Waals surface area contributed by atoms with Crippen molar-refractivity contribution in [1.29, 1.82) is 0 Å². The van der Waals surface area contributed by atoms with Gasteiger partial charge in [-0.05, 0) is 48.5 Å².